The smallest absolute Gasteiger partial charge is 0.253 e. The monoisotopic (exact) mass is 214 g/mol. The lowest BCUT2D eigenvalue weighted by molar-refractivity contribution is 0.462. The molecule has 1 aromatic rings. The van der Waals surface area contributed by atoms with Gasteiger partial charge < -0.3 is 0 Å². The van der Waals surface area contributed by atoms with Gasteiger partial charge in [0, 0.05) is 24.7 Å². The number of hydrogen-bond acceptors (Lipinski definition) is 2. The Labute approximate surface area is 88.7 Å². The topological polar surface area (TPSA) is 34.9 Å². The zero-order valence-electron chi connectivity index (χ0n) is 8.32. The minimum Gasteiger partial charge on any atom is -0.299 e. The van der Waals surface area contributed by atoms with Gasteiger partial charge in [0.05, 0.1) is 6.33 Å². The summed E-state index contributed by atoms with van der Waals surface area (Å²) >= 11 is 5.63. The largest absolute Gasteiger partial charge is 0.299 e. The molecule has 4 heteroatoms. The van der Waals surface area contributed by atoms with Gasteiger partial charge >= 0.3 is 0 Å². The summed E-state index contributed by atoms with van der Waals surface area (Å²) in [7, 11) is 0. The molecule has 0 aliphatic carbocycles. The minimum atomic E-state index is 0.0121. The number of nitrogens with zero attached hydrogens (tertiary/aromatic N) is 2. The Balaban J connectivity index is 2.46. The summed E-state index contributed by atoms with van der Waals surface area (Å²) in [6, 6.07) is 1.48. The molecule has 0 spiro atoms. The molecule has 0 bridgehead atoms. The molecule has 3 nitrogen and oxygen atoms in total. The quantitative estimate of drug-likeness (QED) is 0.702. The minimum absolute atomic E-state index is 0.0121. The van der Waals surface area contributed by atoms with Gasteiger partial charge in [-0.05, 0) is 18.8 Å². The molecule has 0 saturated heterocycles. The number of hydrogen-bond donors (Lipinski definition) is 0. The van der Waals surface area contributed by atoms with E-state index in [0.29, 0.717) is 11.8 Å². The van der Waals surface area contributed by atoms with Gasteiger partial charge in [0.25, 0.3) is 5.56 Å². The molecule has 0 radical (unpaired) electrons. The van der Waals surface area contributed by atoms with E-state index in [1.54, 1.807) is 10.9 Å². The molecule has 0 aliphatic heterocycles. The molecule has 0 aliphatic rings. The summed E-state index contributed by atoms with van der Waals surface area (Å²) in [4.78, 5) is 15.2. The average molecular weight is 215 g/mol. The molecule has 14 heavy (non-hydrogen) atoms. The first-order valence-corrected chi connectivity index (χ1v) is 5.34. The van der Waals surface area contributed by atoms with E-state index >= 15 is 0 Å². The van der Waals surface area contributed by atoms with Crippen molar-refractivity contribution in [3.63, 3.8) is 0 Å². The van der Waals surface area contributed by atoms with Crippen LogP contribution in [0.5, 0.6) is 0 Å². The predicted molar refractivity (Wildman–Crippen MR) is 57.6 cm³/mol. The average Bonchev–Trinajstić information content (AvgIpc) is 2.17. The van der Waals surface area contributed by atoms with Gasteiger partial charge in [0.1, 0.15) is 0 Å². The van der Waals surface area contributed by atoms with Gasteiger partial charge in [-0.3, -0.25) is 9.36 Å². The standard InChI is InChI=1S/C10H15ClN2O/c1-9(2-5-11)4-7-13-8-12-6-3-10(13)14/h3,6,8-9H,2,4-5,7H2,1H3. The van der Waals surface area contributed by atoms with Gasteiger partial charge in [0.15, 0.2) is 0 Å². The van der Waals surface area contributed by atoms with Crippen LogP contribution in [-0.4, -0.2) is 15.4 Å². The number of alkyl halides is 1. The zero-order chi connectivity index (χ0) is 10.4. The summed E-state index contributed by atoms with van der Waals surface area (Å²) in [6.45, 7) is 2.87. The van der Waals surface area contributed by atoms with E-state index in [9.17, 15) is 4.79 Å². The summed E-state index contributed by atoms with van der Waals surface area (Å²) in [5.74, 6) is 1.24. The van der Waals surface area contributed by atoms with Crippen molar-refractivity contribution in [2.24, 2.45) is 5.92 Å². The van der Waals surface area contributed by atoms with Gasteiger partial charge in [-0.1, -0.05) is 6.92 Å². The van der Waals surface area contributed by atoms with E-state index in [4.69, 9.17) is 11.6 Å². The highest BCUT2D eigenvalue weighted by atomic mass is 35.5. The third kappa shape index (κ3) is 3.50. The molecule has 1 atom stereocenters. The van der Waals surface area contributed by atoms with Crippen LogP contribution < -0.4 is 5.56 Å². The number of aromatic nitrogens is 2. The molecule has 0 amide bonds. The maximum Gasteiger partial charge on any atom is 0.253 e. The molecule has 0 aromatic carbocycles. The zero-order valence-corrected chi connectivity index (χ0v) is 9.07. The molecule has 1 unspecified atom stereocenters. The van der Waals surface area contributed by atoms with Gasteiger partial charge in [-0.2, -0.15) is 0 Å². The second kappa shape index (κ2) is 5.81. The molecule has 0 N–H and O–H groups in total. The second-order valence-corrected chi connectivity index (χ2v) is 3.86. The van der Waals surface area contributed by atoms with Crippen molar-refractivity contribution in [1.82, 2.24) is 9.55 Å². The summed E-state index contributed by atoms with van der Waals surface area (Å²) in [5.41, 5.74) is 0.0121. The van der Waals surface area contributed by atoms with Gasteiger partial charge in [0.2, 0.25) is 0 Å². The maximum absolute atomic E-state index is 11.3. The predicted octanol–water partition coefficient (Wildman–Crippen LogP) is 1.90. The fourth-order valence-electron chi connectivity index (χ4n) is 1.24. The molecular weight excluding hydrogens is 200 g/mol. The molecule has 1 heterocycles. The number of rotatable bonds is 5. The lowest BCUT2D eigenvalue weighted by atomic mass is 10.1. The molecular formula is C10H15ClN2O. The first kappa shape index (κ1) is 11.2. The normalized spacial score (nSPS) is 12.7. The van der Waals surface area contributed by atoms with Crippen molar-refractivity contribution in [2.45, 2.75) is 26.3 Å². The molecule has 78 valence electrons. The van der Waals surface area contributed by atoms with Crippen LogP contribution in [0.3, 0.4) is 0 Å². The van der Waals surface area contributed by atoms with Crippen molar-refractivity contribution in [3.05, 3.63) is 28.9 Å². The Hall–Kier alpha value is -0.830. The fourth-order valence-corrected chi connectivity index (χ4v) is 1.61. The van der Waals surface area contributed by atoms with E-state index in [1.165, 1.54) is 12.3 Å². The van der Waals surface area contributed by atoms with E-state index in [0.717, 1.165) is 19.4 Å². The highest BCUT2D eigenvalue weighted by molar-refractivity contribution is 6.17. The van der Waals surface area contributed by atoms with Crippen LogP contribution in [0.4, 0.5) is 0 Å². The fraction of sp³-hybridized carbons (Fsp3) is 0.600. The highest BCUT2D eigenvalue weighted by Crippen LogP contribution is 2.08. The first-order chi connectivity index (χ1) is 6.74. The van der Waals surface area contributed by atoms with Crippen LogP contribution in [-0.2, 0) is 6.54 Å². The third-order valence-corrected chi connectivity index (χ3v) is 2.48. The van der Waals surface area contributed by atoms with Crippen LogP contribution in [0.15, 0.2) is 23.4 Å². The lowest BCUT2D eigenvalue weighted by Crippen LogP contribution is -2.19. The van der Waals surface area contributed by atoms with Crippen molar-refractivity contribution in [3.8, 4) is 0 Å². The number of aryl methyl sites for hydroxylation is 1. The van der Waals surface area contributed by atoms with Gasteiger partial charge in [-0.15, -0.1) is 11.6 Å². The Morgan fingerprint density at radius 1 is 1.57 bits per heavy atom. The van der Waals surface area contributed by atoms with Crippen LogP contribution in [0.2, 0.25) is 0 Å². The van der Waals surface area contributed by atoms with E-state index in [-0.39, 0.29) is 5.56 Å². The second-order valence-electron chi connectivity index (χ2n) is 3.48. The van der Waals surface area contributed by atoms with Crippen LogP contribution in [0.25, 0.3) is 0 Å². The highest BCUT2D eigenvalue weighted by Gasteiger charge is 2.02. The van der Waals surface area contributed by atoms with Crippen molar-refractivity contribution < 1.29 is 0 Å². The Morgan fingerprint density at radius 2 is 2.36 bits per heavy atom. The molecule has 1 aromatic heterocycles. The van der Waals surface area contributed by atoms with Crippen LogP contribution >= 0.6 is 11.6 Å². The van der Waals surface area contributed by atoms with E-state index < -0.39 is 0 Å². The summed E-state index contributed by atoms with van der Waals surface area (Å²) in [5, 5.41) is 0. The molecule has 1 rings (SSSR count). The van der Waals surface area contributed by atoms with E-state index in [1.807, 2.05) is 0 Å². The Morgan fingerprint density at radius 3 is 3.00 bits per heavy atom. The SMILES string of the molecule is CC(CCCl)CCn1cnccc1=O. The maximum atomic E-state index is 11.3. The summed E-state index contributed by atoms with van der Waals surface area (Å²) < 4.78 is 1.63. The van der Waals surface area contributed by atoms with E-state index in [2.05, 4.69) is 11.9 Å². The third-order valence-electron chi connectivity index (χ3n) is 2.26. The summed E-state index contributed by atoms with van der Waals surface area (Å²) in [6.07, 6.45) is 5.06. The van der Waals surface area contributed by atoms with Crippen molar-refractivity contribution >= 4 is 11.6 Å². The van der Waals surface area contributed by atoms with Crippen molar-refractivity contribution in [1.29, 1.82) is 0 Å². The van der Waals surface area contributed by atoms with Gasteiger partial charge in [-0.25, -0.2) is 4.98 Å². The Kier molecular flexibility index (Phi) is 4.66. The molecule has 0 fully saturated rings. The first-order valence-electron chi connectivity index (χ1n) is 4.80. The molecule has 0 saturated carbocycles. The number of halogens is 1. The van der Waals surface area contributed by atoms with Crippen LogP contribution in [0, 0.1) is 5.92 Å². The lowest BCUT2D eigenvalue weighted by Gasteiger charge is -2.09. The Bertz CT molecular complexity index is 324. The van der Waals surface area contributed by atoms with Crippen molar-refractivity contribution in [2.75, 3.05) is 5.88 Å². The van der Waals surface area contributed by atoms with Crippen LogP contribution in [0.1, 0.15) is 19.8 Å².